The molecule has 0 bridgehead atoms. The number of nitrogens with zero attached hydrogens (tertiary/aromatic N) is 1. The third-order valence-electron chi connectivity index (χ3n) is 1.33. The SMILES string of the molecule is COc1ncc([C@@H]2CO2)s1. The first-order valence-corrected chi connectivity index (χ1v) is 3.83. The number of ether oxygens (including phenoxy) is 2. The van der Waals surface area contributed by atoms with Gasteiger partial charge in [-0.15, -0.1) is 0 Å². The number of epoxide rings is 1. The van der Waals surface area contributed by atoms with Crippen molar-refractivity contribution in [1.82, 2.24) is 4.98 Å². The number of aromatic nitrogens is 1. The van der Waals surface area contributed by atoms with Gasteiger partial charge in [-0.1, -0.05) is 11.3 Å². The van der Waals surface area contributed by atoms with Gasteiger partial charge in [0, 0.05) is 6.20 Å². The van der Waals surface area contributed by atoms with Gasteiger partial charge in [0.1, 0.15) is 6.10 Å². The van der Waals surface area contributed by atoms with Crippen molar-refractivity contribution in [2.45, 2.75) is 6.10 Å². The Balaban J connectivity index is 2.19. The molecule has 0 N–H and O–H groups in total. The maximum atomic E-state index is 5.07. The maximum Gasteiger partial charge on any atom is 0.273 e. The second-order valence-corrected chi connectivity index (χ2v) is 3.08. The fourth-order valence-corrected chi connectivity index (χ4v) is 1.49. The lowest BCUT2D eigenvalue weighted by atomic mass is 10.4. The van der Waals surface area contributed by atoms with Crippen molar-refractivity contribution >= 4 is 11.3 Å². The van der Waals surface area contributed by atoms with Gasteiger partial charge >= 0.3 is 0 Å². The highest BCUT2D eigenvalue weighted by Crippen LogP contribution is 2.35. The van der Waals surface area contributed by atoms with Crippen LogP contribution in [0, 0.1) is 0 Å². The summed E-state index contributed by atoms with van der Waals surface area (Å²) in [6, 6.07) is 0. The molecular formula is C6H7NO2S. The summed E-state index contributed by atoms with van der Waals surface area (Å²) in [7, 11) is 1.62. The summed E-state index contributed by atoms with van der Waals surface area (Å²) < 4.78 is 9.99. The molecule has 0 amide bonds. The normalized spacial score (nSPS) is 22.7. The molecule has 1 saturated heterocycles. The fraction of sp³-hybridized carbons (Fsp3) is 0.500. The number of hydrogen-bond donors (Lipinski definition) is 0. The maximum absolute atomic E-state index is 5.07. The van der Waals surface area contributed by atoms with Crippen LogP contribution in [0.25, 0.3) is 0 Å². The molecule has 10 heavy (non-hydrogen) atoms. The molecule has 1 aliphatic heterocycles. The molecule has 0 aromatic carbocycles. The molecule has 1 aliphatic rings. The number of rotatable bonds is 2. The molecule has 2 heterocycles. The monoisotopic (exact) mass is 157 g/mol. The summed E-state index contributed by atoms with van der Waals surface area (Å²) in [6.45, 7) is 0.839. The number of thiazole rings is 1. The van der Waals surface area contributed by atoms with Crippen LogP contribution in [-0.4, -0.2) is 18.7 Å². The molecule has 0 radical (unpaired) electrons. The Morgan fingerprint density at radius 3 is 3.20 bits per heavy atom. The van der Waals surface area contributed by atoms with E-state index in [0.717, 1.165) is 11.5 Å². The van der Waals surface area contributed by atoms with E-state index in [1.165, 1.54) is 0 Å². The van der Waals surface area contributed by atoms with Crippen LogP contribution in [0.15, 0.2) is 6.20 Å². The lowest BCUT2D eigenvalue weighted by Gasteiger charge is -1.86. The van der Waals surface area contributed by atoms with Crippen molar-refractivity contribution in [2.75, 3.05) is 13.7 Å². The molecule has 0 saturated carbocycles. The van der Waals surface area contributed by atoms with E-state index in [1.54, 1.807) is 24.6 Å². The highest BCUT2D eigenvalue weighted by atomic mass is 32.1. The van der Waals surface area contributed by atoms with Crippen LogP contribution in [0.3, 0.4) is 0 Å². The summed E-state index contributed by atoms with van der Waals surface area (Å²) in [5.74, 6) is 0. The molecule has 1 atom stereocenters. The Hall–Kier alpha value is -0.610. The van der Waals surface area contributed by atoms with Crippen molar-refractivity contribution in [3.8, 4) is 5.19 Å². The summed E-state index contributed by atoms with van der Waals surface area (Å²) in [5, 5.41) is 0.713. The second kappa shape index (κ2) is 2.21. The van der Waals surface area contributed by atoms with E-state index in [2.05, 4.69) is 4.98 Å². The first kappa shape index (κ1) is 6.12. The molecule has 0 unspecified atom stereocenters. The van der Waals surface area contributed by atoms with Gasteiger partial charge in [-0.05, 0) is 0 Å². The Morgan fingerprint density at radius 1 is 1.90 bits per heavy atom. The van der Waals surface area contributed by atoms with Crippen molar-refractivity contribution < 1.29 is 9.47 Å². The molecule has 4 heteroatoms. The van der Waals surface area contributed by atoms with Crippen LogP contribution in [0.5, 0.6) is 5.19 Å². The average Bonchev–Trinajstić information content (AvgIpc) is 2.70. The van der Waals surface area contributed by atoms with Crippen molar-refractivity contribution in [1.29, 1.82) is 0 Å². The standard InChI is InChI=1S/C6H7NO2S/c1-8-6-7-2-5(10-6)4-3-9-4/h2,4H,3H2,1H3/t4-/m0/s1. The smallest absolute Gasteiger partial charge is 0.273 e. The molecule has 3 nitrogen and oxygen atoms in total. The highest BCUT2D eigenvalue weighted by molar-refractivity contribution is 7.13. The van der Waals surface area contributed by atoms with Gasteiger partial charge in [0.15, 0.2) is 0 Å². The molecular weight excluding hydrogens is 150 g/mol. The van der Waals surface area contributed by atoms with E-state index in [0.29, 0.717) is 11.3 Å². The van der Waals surface area contributed by atoms with Crippen LogP contribution in [0.4, 0.5) is 0 Å². The molecule has 54 valence electrons. The number of methoxy groups -OCH3 is 1. The van der Waals surface area contributed by atoms with E-state index in [1.807, 2.05) is 0 Å². The quantitative estimate of drug-likeness (QED) is 0.605. The van der Waals surface area contributed by atoms with Crippen LogP contribution < -0.4 is 4.74 Å². The minimum absolute atomic E-state index is 0.307. The minimum atomic E-state index is 0.307. The van der Waals surface area contributed by atoms with E-state index in [-0.39, 0.29) is 0 Å². The average molecular weight is 157 g/mol. The fourth-order valence-electron chi connectivity index (χ4n) is 0.725. The third-order valence-corrected chi connectivity index (χ3v) is 2.38. The molecule has 0 aliphatic carbocycles. The summed E-state index contributed by atoms with van der Waals surface area (Å²) in [5.41, 5.74) is 0. The first-order valence-electron chi connectivity index (χ1n) is 3.01. The third kappa shape index (κ3) is 0.998. The lowest BCUT2D eigenvalue weighted by Crippen LogP contribution is -1.76. The molecule has 0 spiro atoms. The molecule has 1 fully saturated rings. The Bertz CT molecular complexity index is 231. The van der Waals surface area contributed by atoms with E-state index in [4.69, 9.17) is 9.47 Å². The Morgan fingerprint density at radius 2 is 2.70 bits per heavy atom. The largest absolute Gasteiger partial charge is 0.473 e. The first-order chi connectivity index (χ1) is 4.90. The van der Waals surface area contributed by atoms with Gasteiger partial charge in [0.05, 0.1) is 18.6 Å². The van der Waals surface area contributed by atoms with Gasteiger partial charge in [0.2, 0.25) is 0 Å². The van der Waals surface area contributed by atoms with Gasteiger partial charge in [-0.2, -0.15) is 0 Å². The second-order valence-electron chi connectivity index (χ2n) is 2.05. The van der Waals surface area contributed by atoms with Gasteiger partial charge in [0.25, 0.3) is 5.19 Å². The van der Waals surface area contributed by atoms with Gasteiger partial charge in [-0.3, -0.25) is 0 Å². The minimum Gasteiger partial charge on any atom is -0.473 e. The lowest BCUT2D eigenvalue weighted by molar-refractivity contribution is 0.412. The van der Waals surface area contributed by atoms with E-state index >= 15 is 0 Å². The topological polar surface area (TPSA) is 34.6 Å². The van der Waals surface area contributed by atoms with Crippen molar-refractivity contribution in [3.05, 3.63) is 11.1 Å². The molecule has 1 aromatic heterocycles. The highest BCUT2D eigenvalue weighted by Gasteiger charge is 2.27. The van der Waals surface area contributed by atoms with Crippen molar-refractivity contribution in [2.24, 2.45) is 0 Å². The van der Waals surface area contributed by atoms with Gasteiger partial charge in [-0.25, -0.2) is 4.98 Å². The zero-order valence-electron chi connectivity index (χ0n) is 5.53. The van der Waals surface area contributed by atoms with Crippen LogP contribution in [0.1, 0.15) is 11.0 Å². The Kier molecular flexibility index (Phi) is 1.35. The summed E-state index contributed by atoms with van der Waals surface area (Å²) in [6.07, 6.45) is 2.11. The zero-order valence-corrected chi connectivity index (χ0v) is 6.35. The Labute approximate surface area is 62.6 Å². The van der Waals surface area contributed by atoms with Crippen molar-refractivity contribution in [3.63, 3.8) is 0 Å². The summed E-state index contributed by atoms with van der Waals surface area (Å²) >= 11 is 1.55. The van der Waals surface area contributed by atoms with Gasteiger partial charge < -0.3 is 9.47 Å². The number of hydrogen-bond acceptors (Lipinski definition) is 4. The van der Waals surface area contributed by atoms with E-state index in [9.17, 15) is 0 Å². The summed E-state index contributed by atoms with van der Waals surface area (Å²) in [4.78, 5) is 5.18. The predicted molar refractivity (Wildman–Crippen MR) is 37.4 cm³/mol. The predicted octanol–water partition coefficient (Wildman–Crippen LogP) is 1.22. The zero-order chi connectivity index (χ0) is 6.97. The molecule has 1 aromatic rings. The van der Waals surface area contributed by atoms with Crippen LogP contribution in [-0.2, 0) is 4.74 Å². The van der Waals surface area contributed by atoms with E-state index < -0.39 is 0 Å². The van der Waals surface area contributed by atoms with Crippen LogP contribution in [0.2, 0.25) is 0 Å². The molecule has 2 rings (SSSR count). The van der Waals surface area contributed by atoms with Crippen LogP contribution >= 0.6 is 11.3 Å².